The molecule has 1 saturated heterocycles. The smallest absolute Gasteiger partial charge is 0.416 e. The Bertz CT molecular complexity index is 764. The van der Waals surface area contributed by atoms with Crippen LogP contribution in [0.2, 0.25) is 0 Å². The zero-order chi connectivity index (χ0) is 16.4. The molecule has 0 saturated carbocycles. The summed E-state index contributed by atoms with van der Waals surface area (Å²) in [5.41, 5.74) is 0.337. The van der Waals surface area contributed by atoms with Gasteiger partial charge < -0.3 is 9.30 Å². The Labute approximate surface area is 135 Å². The molecule has 0 bridgehead atoms. The quantitative estimate of drug-likeness (QED) is 0.791. The summed E-state index contributed by atoms with van der Waals surface area (Å²) in [4.78, 5) is 24.3. The molecular weight excluding hydrogens is 323 g/mol. The number of ether oxygens (including phenoxy) is 1. The average Bonchev–Trinajstić information content (AvgIpc) is 3.12. The van der Waals surface area contributed by atoms with Crippen LogP contribution in [0, 0.1) is 5.82 Å². The maximum absolute atomic E-state index is 13.8. The first-order valence-electron chi connectivity index (χ1n) is 6.82. The molecule has 2 amide bonds. The number of nitrogens with zero attached hydrogens (tertiary/aromatic N) is 4. The number of cyclic esters (lactones) is 1. The van der Waals surface area contributed by atoms with E-state index in [-0.39, 0.29) is 24.8 Å². The molecule has 7 nitrogen and oxygen atoms in total. The van der Waals surface area contributed by atoms with Crippen LogP contribution in [0.4, 0.5) is 9.18 Å². The van der Waals surface area contributed by atoms with Crippen LogP contribution in [-0.2, 0) is 16.6 Å². The van der Waals surface area contributed by atoms with Crippen LogP contribution in [0.3, 0.4) is 0 Å². The zero-order valence-electron chi connectivity index (χ0n) is 12.2. The highest BCUT2D eigenvalue weighted by atomic mass is 32.2. The fourth-order valence-corrected chi connectivity index (χ4v) is 2.93. The monoisotopic (exact) mass is 336 g/mol. The standard InChI is InChI=1S/C14H13FN4O3S/c1-18-12(9-4-2-3-5-10(9)15)16-17-13(18)23-8-11(20)19-6-7-22-14(19)21/h2-5H,6-8H2,1H3. The third-order valence-corrected chi connectivity index (χ3v) is 4.34. The van der Waals surface area contributed by atoms with E-state index in [0.29, 0.717) is 16.5 Å². The zero-order valence-corrected chi connectivity index (χ0v) is 13.0. The topological polar surface area (TPSA) is 77.3 Å². The van der Waals surface area contributed by atoms with Crippen LogP contribution in [-0.4, -0.2) is 50.6 Å². The van der Waals surface area contributed by atoms with Crippen LogP contribution in [0.15, 0.2) is 29.4 Å². The minimum Gasteiger partial charge on any atom is -0.447 e. The third kappa shape index (κ3) is 3.04. The fraction of sp³-hybridized carbons (Fsp3) is 0.286. The maximum Gasteiger partial charge on any atom is 0.416 e. The molecule has 0 N–H and O–H groups in total. The first-order chi connectivity index (χ1) is 11.1. The van der Waals surface area contributed by atoms with Gasteiger partial charge in [-0.25, -0.2) is 14.1 Å². The fourth-order valence-electron chi connectivity index (χ4n) is 2.14. The second-order valence-corrected chi connectivity index (χ2v) is 5.74. The predicted octanol–water partition coefficient (Wildman–Crippen LogP) is 1.69. The van der Waals surface area contributed by atoms with Crippen LogP contribution in [0.5, 0.6) is 0 Å². The molecule has 2 heterocycles. The second kappa shape index (κ2) is 6.37. The average molecular weight is 336 g/mol. The van der Waals surface area contributed by atoms with E-state index < -0.39 is 11.9 Å². The Hall–Kier alpha value is -2.42. The summed E-state index contributed by atoms with van der Waals surface area (Å²) in [5, 5.41) is 8.41. The van der Waals surface area contributed by atoms with E-state index in [0.717, 1.165) is 16.7 Å². The molecule has 1 aromatic heterocycles. The summed E-state index contributed by atoms with van der Waals surface area (Å²) >= 11 is 1.13. The van der Waals surface area contributed by atoms with Gasteiger partial charge in [0.25, 0.3) is 0 Å². The Morgan fingerprint density at radius 3 is 2.87 bits per heavy atom. The van der Waals surface area contributed by atoms with Crippen molar-refractivity contribution in [2.45, 2.75) is 5.16 Å². The number of hydrogen-bond donors (Lipinski definition) is 0. The van der Waals surface area contributed by atoms with E-state index in [1.165, 1.54) is 6.07 Å². The van der Waals surface area contributed by atoms with Gasteiger partial charge in [-0.05, 0) is 12.1 Å². The lowest BCUT2D eigenvalue weighted by Gasteiger charge is -2.09. The molecule has 3 rings (SSSR count). The van der Waals surface area contributed by atoms with Crippen molar-refractivity contribution in [3.05, 3.63) is 30.1 Å². The van der Waals surface area contributed by atoms with Gasteiger partial charge in [0.05, 0.1) is 17.9 Å². The van der Waals surface area contributed by atoms with Gasteiger partial charge in [0.15, 0.2) is 11.0 Å². The Morgan fingerprint density at radius 1 is 1.39 bits per heavy atom. The molecule has 0 spiro atoms. The van der Waals surface area contributed by atoms with Gasteiger partial charge in [-0.2, -0.15) is 0 Å². The van der Waals surface area contributed by atoms with Gasteiger partial charge in [-0.3, -0.25) is 4.79 Å². The number of imide groups is 1. The van der Waals surface area contributed by atoms with Crippen molar-refractivity contribution in [3.63, 3.8) is 0 Å². The number of rotatable bonds is 4. The van der Waals surface area contributed by atoms with Gasteiger partial charge in [0.2, 0.25) is 5.91 Å². The van der Waals surface area contributed by atoms with Crippen LogP contribution in [0.25, 0.3) is 11.4 Å². The molecule has 1 fully saturated rings. The van der Waals surface area contributed by atoms with Crippen molar-refractivity contribution in [2.24, 2.45) is 7.05 Å². The Morgan fingerprint density at radius 2 is 2.17 bits per heavy atom. The van der Waals surface area contributed by atoms with Crippen LogP contribution >= 0.6 is 11.8 Å². The van der Waals surface area contributed by atoms with Crippen molar-refractivity contribution in [1.82, 2.24) is 19.7 Å². The van der Waals surface area contributed by atoms with Crippen molar-refractivity contribution < 1.29 is 18.7 Å². The Kier molecular flexibility index (Phi) is 4.28. The lowest BCUT2D eigenvalue weighted by atomic mass is 10.2. The van der Waals surface area contributed by atoms with Crippen LogP contribution < -0.4 is 0 Å². The summed E-state index contributed by atoms with van der Waals surface area (Å²) in [5.74, 6) is -0.347. The molecule has 1 aliphatic heterocycles. The highest BCUT2D eigenvalue weighted by Crippen LogP contribution is 2.24. The van der Waals surface area contributed by atoms with Crippen molar-refractivity contribution in [1.29, 1.82) is 0 Å². The van der Waals surface area contributed by atoms with E-state index >= 15 is 0 Å². The number of carbonyl (C=O) groups excluding carboxylic acids is 2. The van der Waals surface area contributed by atoms with E-state index in [1.807, 2.05) is 0 Å². The number of halogens is 1. The molecule has 2 aromatic rings. The first kappa shape index (κ1) is 15.5. The summed E-state index contributed by atoms with van der Waals surface area (Å²) in [6, 6.07) is 6.26. The highest BCUT2D eigenvalue weighted by Gasteiger charge is 2.28. The minimum absolute atomic E-state index is 0.0261. The number of thioether (sulfide) groups is 1. The summed E-state index contributed by atoms with van der Waals surface area (Å²) in [6.07, 6.45) is -0.624. The number of benzene rings is 1. The number of carbonyl (C=O) groups is 2. The molecular formula is C14H13FN4O3S. The lowest BCUT2D eigenvalue weighted by Crippen LogP contribution is -2.33. The van der Waals surface area contributed by atoms with Gasteiger partial charge in [-0.1, -0.05) is 23.9 Å². The maximum atomic E-state index is 13.8. The van der Waals surface area contributed by atoms with Gasteiger partial charge >= 0.3 is 6.09 Å². The number of hydrogen-bond acceptors (Lipinski definition) is 6. The molecule has 0 unspecified atom stereocenters. The SMILES string of the molecule is Cn1c(SCC(=O)N2CCOC2=O)nnc1-c1ccccc1F. The first-order valence-corrected chi connectivity index (χ1v) is 7.80. The van der Waals surface area contributed by atoms with Gasteiger partial charge in [0, 0.05) is 7.05 Å². The molecule has 0 radical (unpaired) electrons. The van der Waals surface area contributed by atoms with Crippen molar-refractivity contribution in [3.8, 4) is 11.4 Å². The summed E-state index contributed by atoms with van der Waals surface area (Å²) < 4.78 is 20.2. The van der Waals surface area contributed by atoms with Crippen molar-refractivity contribution >= 4 is 23.8 Å². The summed E-state index contributed by atoms with van der Waals surface area (Å²) in [7, 11) is 1.69. The molecule has 23 heavy (non-hydrogen) atoms. The second-order valence-electron chi connectivity index (χ2n) is 4.79. The highest BCUT2D eigenvalue weighted by molar-refractivity contribution is 7.99. The van der Waals surface area contributed by atoms with E-state index in [4.69, 9.17) is 4.74 Å². The molecule has 120 valence electrons. The molecule has 0 aliphatic carbocycles. The Balaban J connectivity index is 1.72. The largest absolute Gasteiger partial charge is 0.447 e. The molecule has 9 heteroatoms. The van der Waals surface area contributed by atoms with Gasteiger partial charge in [-0.15, -0.1) is 10.2 Å². The minimum atomic E-state index is -0.624. The number of amides is 2. The molecule has 1 aliphatic rings. The normalized spacial score (nSPS) is 14.2. The summed E-state index contributed by atoms with van der Waals surface area (Å²) in [6.45, 7) is 0.480. The lowest BCUT2D eigenvalue weighted by molar-refractivity contribution is -0.125. The predicted molar refractivity (Wildman–Crippen MR) is 80.2 cm³/mol. The van der Waals surface area contributed by atoms with Gasteiger partial charge in [0.1, 0.15) is 12.4 Å². The van der Waals surface area contributed by atoms with Crippen LogP contribution in [0.1, 0.15) is 0 Å². The van der Waals surface area contributed by atoms with E-state index in [9.17, 15) is 14.0 Å². The van der Waals surface area contributed by atoms with Crippen molar-refractivity contribution in [2.75, 3.05) is 18.9 Å². The molecule has 0 atom stereocenters. The third-order valence-electron chi connectivity index (χ3n) is 3.34. The van der Waals surface area contributed by atoms with E-state index in [1.54, 1.807) is 29.8 Å². The molecule has 1 aromatic carbocycles. The number of aromatic nitrogens is 3. The van der Waals surface area contributed by atoms with E-state index in [2.05, 4.69) is 10.2 Å².